The van der Waals surface area contributed by atoms with Crippen LogP contribution in [0.2, 0.25) is 0 Å². The molecule has 0 saturated heterocycles. The van der Waals surface area contributed by atoms with Crippen molar-refractivity contribution in [2.75, 3.05) is 18.6 Å². The van der Waals surface area contributed by atoms with Gasteiger partial charge in [0.2, 0.25) is 5.91 Å². The van der Waals surface area contributed by atoms with Crippen molar-refractivity contribution >= 4 is 17.3 Å². The van der Waals surface area contributed by atoms with Crippen LogP contribution in [-0.2, 0) is 0 Å². The Hall–Kier alpha value is -2.15. The van der Waals surface area contributed by atoms with Crippen molar-refractivity contribution < 1.29 is 14.8 Å². The average Bonchev–Trinajstić information content (AvgIpc) is 2.36. The number of nitrogens with two attached hydrogens (primary N) is 1. The molecular formula is C12H17N3O4. The topological polar surface area (TPSA) is 110 Å². The average molecular weight is 267 g/mol. The Bertz CT molecular complexity index is 514. The molecule has 0 saturated carbocycles. The molecule has 0 bridgehead atoms. The number of benzene rings is 1. The van der Waals surface area contributed by atoms with Crippen molar-refractivity contribution in [1.82, 2.24) is 0 Å². The summed E-state index contributed by atoms with van der Waals surface area (Å²) >= 11 is 0. The lowest BCUT2D eigenvalue weighted by Crippen LogP contribution is -2.44. The first kappa shape index (κ1) is 14.9. The summed E-state index contributed by atoms with van der Waals surface area (Å²) in [5, 5.41) is 20.4. The lowest BCUT2D eigenvalue weighted by atomic mass is 10.0. The van der Waals surface area contributed by atoms with E-state index in [4.69, 9.17) is 5.73 Å². The molecule has 0 radical (unpaired) electrons. The van der Waals surface area contributed by atoms with Gasteiger partial charge in [-0.15, -0.1) is 0 Å². The maximum Gasteiger partial charge on any atom is 0.292 e. The van der Waals surface area contributed by atoms with Crippen LogP contribution in [0.1, 0.15) is 24.2 Å². The monoisotopic (exact) mass is 267 g/mol. The van der Waals surface area contributed by atoms with E-state index in [-0.39, 0.29) is 23.5 Å². The van der Waals surface area contributed by atoms with E-state index >= 15 is 0 Å². The predicted octanol–water partition coefficient (Wildman–Crippen LogP) is 0.901. The predicted molar refractivity (Wildman–Crippen MR) is 71.2 cm³/mol. The summed E-state index contributed by atoms with van der Waals surface area (Å²) in [6.45, 7) is 3.27. The van der Waals surface area contributed by atoms with Gasteiger partial charge in [-0.1, -0.05) is 0 Å². The normalized spacial score (nSPS) is 11.2. The number of hydrogen-bond donors (Lipinski definition) is 2. The van der Waals surface area contributed by atoms with Crippen LogP contribution in [0.5, 0.6) is 0 Å². The van der Waals surface area contributed by atoms with E-state index in [1.165, 1.54) is 18.2 Å². The molecule has 19 heavy (non-hydrogen) atoms. The third-order valence-corrected chi connectivity index (χ3v) is 3.11. The fourth-order valence-electron chi connectivity index (χ4n) is 1.53. The van der Waals surface area contributed by atoms with Gasteiger partial charge in [-0.25, -0.2) is 0 Å². The number of nitrogens with zero attached hydrogens (tertiary/aromatic N) is 2. The highest BCUT2D eigenvalue weighted by Gasteiger charge is 2.28. The molecule has 0 atom stereocenters. The number of primary amides is 1. The highest BCUT2D eigenvalue weighted by molar-refractivity contribution is 5.94. The number of anilines is 1. The summed E-state index contributed by atoms with van der Waals surface area (Å²) in [5.41, 5.74) is 4.74. The summed E-state index contributed by atoms with van der Waals surface area (Å²) in [7, 11) is 1.61. The van der Waals surface area contributed by atoms with E-state index in [1.807, 2.05) is 0 Å². The summed E-state index contributed by atoms with van der Waals surface area (Å²) in [6.07, 6.45) is 0. The zero-order valence-corrected chi connectivity index (χ0v) is 11.1. The molecule has 1 rings (SSSR count). The molecule has 1 aromatic rings. The molecule has 0 fully saturated rings. The first-order valence-corrected chi connectivity index (χ1v) is 5.63. The van der Waals surface area contributed by atoms with Crippen molar-refractivity contribution in [2.45, 2.75) is 19.4 Å². The number of nitro benzene ring substituents is 1. The summed E-state index contributed by atoms with van der Waals surface area (Å²) in [5.74, 6) is -0.661. The van der Waals surface area contributed by atoms with Crippen molar-refractivity contribution in [3.05, 3.63) is 33.9 Å². The number of carbonyl (C=O) groups is 1. The van der Waals surface area contributed by atoms with Crippen LogP contribution in [0, 0.1) is 10.1 Å². The minimum absolute atomic E-state index is 0.144. The van der Waals surface area contributed by atoms with Crippen LogP contribution >= 0.6 is 0 Å². The van der Waals surface area contributed by atoms with Crippen LogP contribution in [0.4, 0.5) is 11.4 Å². The van der Waals surface area contributed by atoms with E-state index in [1.54, 1.807) is 25.8 Å². The Labute approximate surface area is 110 Å². The maximum atomic E-state index is 11.2. The minimum atomic E-state index is -0.707. The van der Waals surface area contributed by atoms with Crippen molar-refractivity contribution in [1.29, 1.82) is 0 Å². The first-order chi connectivity index (χ1) is 8.70. The zero-order chi connectivity index (χ0) is 14.8. The number of rotatable bonds is 5. The van der Waals surface area contributed by atoms with Crippen LogP contribution in [0.15, 0.2) is 18.2 Å². The largest absolute Gasteiger partial charge is 0.394 e. The number of aliphatic hydroxyl groups is 1. The zero-order valence-electron chi connectivity index (χ0n) is 11.1. The lowest BCUT2D eigenvalue weighted by molar-refractivity contribution is -0.384. The van der Waals surface area contributed by atoms with E-state index < -0.39 is 16.4 Å². The van der Waals surface area contributed by atoms with Crippen molar-refractivity contribution in [2.24, 2.45) is 5.73 Å². The van der Waals surface area contributed by atoms with E-state index in [9.17, 15) is 20.0 Å². The van der Waals surface area contributed by atoms with Crippen molar-refractivity contribution in [3.63, 3.8) is 0 Å². The van der Waals surface area contributed by atoms with Gasteiger partial charge in [-0.05, 0) is 26.0 Å². The molecule has 0 aromatic heterocycles. The SMILES string of the molecule is CN(c1cc(C(N)=O)ccc1[N+](=O)[O-])C(C)(C)CO. The highest BCUT2D eigenvalue weighted by Crippen LogP contribution is 2.32. The molecule has 7 heteroatoms. The minimum Gasteiger partial charge on any atom is -0.394 e. The van der Waals surface area contributed by atoms with Gasteiger partial charge in [0, 0.05) is 18.7 Å². The Balaban J connectivity index is 3.40. The number of likely N-dealkylation sites (N-methyl/N-ethyl adjacent to an activating group) is 1. The van der Waals surface area contributed by atoms with Gasteiger partial charge >= 0.3 is 0 Å². The molecule has 0 spiro atoms. The van der Waals surface area contributed by atoms with E-state index in [2.05, 4.69) is 0 Å². The van der Waals surface area contributed by atoms with Crippen LogP contribution < -0.4 is 10.6 Å². The second-order valence-electron chi connectivity index (χ2n) is 4.85. The number of nitro groups is 1. The standard InChI is InChI=1S/C12H17N3O4/c1-12(2,7-16)14(3)10-6-8(11(13)17)4-5-9(10)15(18)19/h4-6,16H,7H2,1-3H3,(H2,13,17). The van der Waals surface area contributed by atoms with Crippen LogP contribution in [0.25, 0.3) is 0 Å². The first-order valence-electron chi connectivity index (χ1n) is 5.63. The molecule has 0 unspecified atom stereocenters. The molecule has 0 aliphatic rings. The van der Waals surface area contributed by atoms with Crippen LogP contribution in [-0.4, -0.2) is 35.1 Å². The van der Waals surface area contributed by atoms with E-state index in [0.717, 1.165) is 0 Å². The lowest BCUT2D eigenvalue weighted by Gasteiger charge is -2.35. The van der Waals surface area contributed by atoms with Gasteiger partial charge in [0.15, 0.2) is 0 Å². The fourth-order valence-corrected chi connectivity index (χ4v) is 1.53. The maximum absolute atomic E-state index is 11.2. The molecule has 0 aliphatic heterocycles. The second-order valence-corrected chi connectivity index (χ2v) is 4.85. The Morgan fingerprint density at radius 1 is 1.53 bits per heavy atom. The Morgan fingerprint density at radius 3 is 2.53 bits per heavy atom. The molecule has 1 aromatic carbocycles. The molecular weight excluding hydrogens is 250 g/mol. The Morgan fingerprint density at radius 2 is 2.11 bits per heavy atom. The molecule has 104 valence electrons. The molecule has 3 N–H and O–H groups in total. The quantitative estimate of drug-likeness (QED) is 0.608. The van der Waals surface area contributed by atoms with Gasteiger partial charge in [0.05, 0.1) is 17.1 Å². The molecule has 0 aliphatic carbocycles. The summed E-state index contributed by atoms with van der Waals surface area (Å²) in [4.78, 5) is 23.2. The number of carbonyl (C=O) groups excluding carboxylic acids is 1. The number of amides is 1. The second kappa shape index (κ2) is 5.23. The van der Waals surface area contributed by atoms with E-state index in [0.29, 0.717) is 0 Å². The number of hydrogen-bond acceptors (Lipinski definition) is 5. The molecule has 0 heterocycles. The molecule has 1 amide bonds. The van der Waals surface area contributed by atoms with Gasteiger partial charge in [0.1, 0.15) is 5.69 Å². The third-order valence-electron chi connectivity index (χ3n) is 3.11. The van der Waals surface area contributed by atoms with Gasteiger partial charge in [-0.3, -0.25) is 14.9 Å². The van der Waals surface area contributed by atoms with Crippen LogP contribution in [0.3, 0.4) is 0 Å². The molecule has 7 nitrogen and oxygen atoms in total. The third kappa shape index (κ3) is 3.00. The van der Waals surface area contributed by atoms with Gasteiger partial charge in [-0.2, -0.15) is 0 Å². The summed E-state index contributed by atoms with van der Waals surface area (Å²) < 4.78 is 0. The van der Waals surface area contributed by atoms with Gasteiger partial charge in [0.25, 0.3) is 5.69 Å². The summed E-state index contributed by atoms with van der Waals surface area (Å²) in [6, 6.07) is 3.90. The van der Waals surface area contributed by atoms with Crippen molar-refractivity contribution in [3.8, 4) is 0 Å². The van der Waals surface area contributed by atoms with Gasteiger partial charge < -0.3 is 15.7 Å². The number of aliphatic hydroxyl groups excluding tert-OH is 1. The Kier molecular flexibility index (Phi) is 4.10. The highest BCUT2D eigenvalue weighted by atomic mass is 16.6. The smallest absolute Gasteiger partial charge is 0.292 e. The fraction of sp³-hybridized carbons (Fsp3) is 0.417.